The summed E-state index contributed by atoms with van der Waals surface area (Å²) in [7, 11) is 0. The van der Waals surface area contributed by atoms with Gasteiger partial charge in [-0.05, 0) is 63.2 Å². The third-order valence-electron chi connectivity index (χ3n) is 5.43. The summed E-state index contributed by atoms with van der Waals surface area (Å²) >= 11 is 0. The molecule has 2 aliphatic heterocycles. The number of hydrogen-bond donors (Lipinski definition) is 1. The van der Waals surface area contributed by atoms with Gasteiger partial charge in [-0.15, -0.1) is 0 Å². The van der Waals surface area contributed by atoms with E-state index in [4.69, 9.17) is 9.47 Å². The van der Waals surface area contributed by atoms with Crippen LogP contribution in [0.4, 0.5) is 0 Å². The first kappa shape index (κ1) is 18.2. The van der Waals surface area contributed by atoms with Gasteiger partial charge in [0.15, 0.2) is 0 Å². The van der Waals surface area contributed by atoms with E-state index in [1.807, 2.05) is 18.2 Å². The molecule has 2 atom stereocenters. The summed E-state index contributed by atoms with van der Waals surface area (Å²) in [5.74, 6) is 1.21. The second-order valence-corrected chi connectivity index (χ2v) is 7.32. The lowest BCUT2D eigenvalue weighted by molar-refractivity contribution is 0.0364. The van der Waals surface area contributed by atoms with Crippen LogP contribution in [-0.4, -0.2) is 25.2 Å². The molecule has 138 valence electrons. The number of ether oxygens (including phenoxy) is 2. The van der Waals surface area contributed by atoms with Crippen LogP contribution in [0.5, 0.6) is 5.75 Å². The van der Waals surface area contributed by atoms with Crippen LogP contribution in [0.2, 0.25) is 0 Å². The number of nitrogens with one attached hydrogen (secondary N) is 1. The van der Waals surface area contributed by atoms with E-state index in [1.54, 1.807) is 0 Å². The molecule has 0 radical (unpaired) electrons. The largest absolute Gasteiger partial charge is 0.490 e. The molecule has 4 nitrogen and oxygen atoms in total. The topological polar surface area (TPSA) is 47.6 Å². The van der Waals surface area contributed by atoms with E-state index >= 15 is 0 Å². The highest BCUT2D eigenvalue weighted by atomic mass is 16.5. The van der Waals surface area contributed by atoms with Gasteiger partial charge in [0.1, 0.15) is 18.0 Å². The number of esters is 1. The number of carbonyl (C=O) groups excluding carboxylic acids is 1. The quantitative estimate of drug-likeness (QED) is 0.698. The Balaban J connectivity index is 1.72. The van der Waals surface area contributed by atoms with Crippen LogP contribution in [0.1, 0.15) is 80.8 Å². The Kier molecular flexibility index (Phi) is 6.35. The SMILES string of the molecule is CCCCC1OC(=O)c2cc(OC(CCC)C3CCNCC3)ccc21. The smallest absolute Gasteiger partial charge is 0.339 e. The van der Waals surface area contributed by atoms with Gasteiger partial charge in [-0.1, -0.05) is 32.8 Å². The van der Waals surface area contributed by atoms with Gasteiger partial charge in [-0.2, -0.15) is 0 Å². The van der Waals surface area contributed by atoms with Gasteiger partial charge in [0.25, 0.3) is 0 Å². The highest BCUT2D eigenvalue weighted by Gasteiger charge is 2.31. The van der Waals surface area contributed by atoms with Gasteiger partial charge in [-0.25, -0.2) is 4.79 Å². The van der Waals surface area contributed by atoms with E-state index in [-0.39, 0.29) is 18.2 Å². The molecule has 1 saturated heterocycles. The van der Waals surface area contributed by atoms with Crippen molar-refractivity contribution < 1.29 is 14.3 Å². The van der Waals surface area contributed by atoms with Crippen molar-refractivity contribution in [1.82, 2.24) is 5.32 Å². The number of piperidine rings is 1. The van der Waals surface area contributed by atoms with E-state index in [0.29, 0.717) is 11.5 Å². The van der Waals surface area contributed by atoms with E-state index in [9.17, 15) is 4.79 Å². The normalized spacial score (nSPS) is 21.7. The highest BCUT2D eigenvalue weighted by Crippen LogP contribution is 2.37. The summed E-state index contributed by atoms with van der Waals surface area (Å²) in [6, 6.07) is 5.94. The molecule has 2 heterocycles. The number of carbonyl (C=O) groups is 1. The van der Waals surface area contributed by atoms with Crippen molar-refractivity contribution in [2.45, 2.75) is 71.0 Å². The van der Waals surface area contributed by atoms with E-state index in [1.165, 1.54) is 0 Å². The maximum absolute atomic E-state index is 12.2. The third kappa shape index (κ3) is 4.35. The van der Waals surface area contributed by atoms with Crippen molar-refractivity contribution >= 4 is 5.97 Å². The zero-order valence-electron chi connectivity index (χ0n) is 15.6. The van der Waals surface area contributed by atoms with Crippen LogP contribution in [0.15, 0.2) is 18.2 Å². The first-order valence-corrected chi connectivity index (χ1v) is 9.95. The van der Waals surface area contributed by atoms with Gasteiger partial charge < -0.3 is 14.8 Å². The Morgan fingerprint density at radius 3 is 2.76 bits per heavy atom. The summed E-state index contributed by atoms with van der Waals surface area (Å²) < 4.78 is 11.9. The monoisotopic (exact) mass is 345 g/mol. The zero-order chi connectivity index (χ0) is 17.6. The molecule has 25 heavy (non-hydrogen) atoms. The van der Waals surface area contributed by atoms with Crippen LogP contribution >= 0.6 is 0 Å². The molecule has 0 saturated carbocycles. The minimum absolute atomic E-state index is 0.0765. The molecule has 4 heteroatoms. The molecular weight excluding hydrogens is 314 g/mol. The Labute approximate surface area is 151 Å². The summed E-state index contributed by atoms with van der Waals surface area (Å²) in [5.41, 5.74) is 1.72. The lowest BCUT2D eigenvalue weighted by Gasteiger charge is -2.31. The van der Waals surface area contributed by atoms with Gasteiger partial charge in [0, 0.05) is 5.56 Å². The maximum atomic E-state index is 12.2. The summed E-state index contributed by atoms with van der Waals surface area (Å²) in [5, 5.41) is 3.42. The predicted octanol–water partition coefficient (Wildman–Crippen LogP) is 4.64. The first-order chi connectivity index (χ1) is 12.2. The number of hydrogen-bond acceptors (Lipinski definition) is 4. The average molecular weight is 345 g/mol. The Morgan fingerprint density at radius 1 is 1.24 bits per heavy atom. The fourth-order valence-electron chi connectivity index (χ4n) is 3.99. The molecular formula is C21H31NO3. The molecule has 0 aliphatic carbocycles. The van der Waals surface area contributed by atoms with Crippen LogP contribution in [0.25, 0.3) is 0 Å². The fraction of sp³-hybridized carbons (Fsp3) is 0.667. The Bertz CT molecular complexity index is 581. The molecule has 1 aromatic carbocycles. The minimum atomic E-state index is -0.199. The standard InChI is InChI=1S/C21H31NO3/c1-3-5-7-20-17-9-8-16(14-18(17)21(23)25-20)24-19(6-4-2)15-10-12-22-13-11-15/h8-9,14-15,19-20,22H,3-7,10-13H2,1-2H3. The number of unbranched alkanes of at least 4 members (excludes halogenated alkanes) is 1. The van der Waals surface area contributed by atoms with Crippen molar-refractivity contribution in [1.29, 1.82) is 0 Å². The number of rotatable bonds is 8. The van der Waals surface area contributed by atoms with Gasteiger partial charge in [0.2, 0.25) is 0 Å². The number of fused-ring (bicyclic) bond motifs is 1. The summed E-state index contributed by atoms with van der Waals surface area (Å²) in [4.78, 5) is 12.2. The molecule has 1 N–H and O–H groups in total. The van der Waals surface area contributed by atoms with Crippen molar-refractivity contribution in [2.75, 3.05) is 13.1 Å². The average Bonchev–Trinajstić information content (AvgIpc) is 2.96. The lowest BCUT2D eigenvalue weighted by atomic mass is 9.89. The van der Waals surface area contributed by atoms with Crippen LogP contribution in [-0.2, 0) is 4.74 Å². The van der Waals surface area contributed by atoms with Crippen LogP contribution in [0.3, 0.4) is 0 Å². The molecule has 0 spiro atoms. The van der Waals surface area contributed by atoms with Crippen molar-refractivity contribution in [3.8, 4) is 5.75 Å². The lowest BCUT2D eigenvalue weighted by Crippen LogP contribution is -2.36. The van der Waals surface area contributed by atoms with E-state index in [2.05, 4.69) is 19.2 Å². The molecule has 3 rings (SSSR count). The molecule has 0 amide bonds. The third-order valence-corrected chi connectivity index (χ3v) is 5.43. The second kappa shape index (κ2) is 8.70. The summed E-state index contributed by atoms with van der Waals surface area (Å²) in [6.45, 7) is 6.51. The van der Waals surface area contributed by atoms with E-state index < -0.39 is 0 Å². The van der Waals surface area contributed by atoms with Crippen molar-refractivity contribution in [3.05, 3.63) is 29.3 Å². The number of benzene rings is 1. The van der Waals surface area contributed by atoms with Gasteiger partial charge in [0.05, 0.1) is 5.56 Å². The van der Waals surface area contributed by atoms with Crippen LogP contribution in [0, 0.1) is 5.92 Å². The Morgan fingerprint density at radius 2 is 2.04 bits per heavy atom. The number of cyclic esters (lactones) is 1. The van der Waals surface area contributed by atoms with Crippen LogP contribution < -0.4 is 10.1 Å². The van der Waals surface area contributed by atoms with Gasteiger partial charge >= 0.3 is 5.97 Å². The molecule has 1 aromatic rings. The second-order valence-electron chi connectivity index (χ2n) is 7.32. The molecule has 0 bridgehead atoms. The van der Waals surface area contributed by atoms with Gasteiger partial charge in [-0.3, -0.25) is 0 Å². The van der Waals surface area contributed by atoms with Crippen molar-refractivity contribution in [2.24, 2.45) is 5.92 Å². The molecule has 2 aliphatic rings. The molecule has 0 aromatic heterocycles. The maximum Gasteiger partial charge on any atom is 0.339 e. The van der Waals surface area contributed by atoms with E-state index in [0.717, 1.165) is 69.3 Å². The molecule has 2 unspecified atom stereocenters. The highest BCUT2D eigenvalue weighted by molar-refractivity contribution is 5.94. The Hall–Kier alpha value is -1.55. The zero-order valence-corrected chi connectivity index (χ0v) is 15.6. The molecule has 1 fully saturated rings. The first-order valence-electron chi connectivity index (χ1n) is 9.95. The predicted molar refractivity (Wildman–Crippen MR) is 99.0 cm³/mol. The fourth-order valence-corrected chi connectivity index (χ4v) is 3.99. The van der Waals surface area contributed by atoms with Crippen molar-refractivity contribution in [3.63, 3.8) is 0 Å². The minimum Gasteiger partial charge on any atom is -0.490 e. The summed E-state index contributed by atoms with van der Waals surface area (Å²) in [6.07, 6.45) is 7.75.